The maximum atomic E-state index is 4.69. The lowest BCUT2D eigenvalue weighted by atomic mass is 9.79. The summed E-state index contributed by atoms with van der Waals surface area (Å²) < 4.78 is 1.42. The van der Waals surface area contributed by atoms with Crippen LogP contribution in [-0.2, 0) is 0 Å². The normalized spacial score (nSPS) is 17.8. The first-order valence-electron chi connectivity index (χ1n) is 19.1. The monoisotopic (exact) mass is 711 g/mol. The van der Waals surface area contributed by atoms with Gasteiger partial charge in [-0.3, -0.25) is 9.97 Å². The molecule has 0 N–H and O–H groups in total. The molecule has 5 heterocycles. The van der Waals surface area contributed by atoms with Gasteiger partial charge < -0.3 is 4.90 Å². The molecule has 2 aliphatic heterocycles. The molecule has 0 bridgehead atoms. The second-order valence-corrected chi connectivity index (χ2v) is 15.8. The van der Waals surface area contributed by atoms with Gasteiger partial charge >= 0.3 is 0 Å². The number of hydrogen-bond donors (Lipinski definition) is 0. The van der Waals surface area contributed by atoms with Gasteiger partial charge in [0.15, 0.2) is 0 Å². The minimum absolute atomic E-state index is 0.182. The number of fused-ring (bicyclic) bond motifs is 10. The summed E-state index contributed by atoms with van der Waals surface area (Å²) in [4.78, 5) is 12.1. The van der Waals surface area contributed by atoms with Crippen LogP contribution in [0.1, 0.15) is 65.5 Å². The molecular weight excluding hydrogens is 675 g/mol. The van der Waals surface area contributed by atoms with Crippen molar-refractivity contribution in [2.45, 2.75) is 37.6 Å². The molecule has 4 heteroatoms. The van der Waals surface area contributed by atoms with Crippen molar-refractivity contribution in [2.24, 2.45) is 0 Å². The molecule has 0 fully saturated rings. The molecule has 258 valence electrons. The van der Waals surface area contributed by atoms with Crippen LogP contribution in [0.4, 0.5) is 10.7 Å². The predicted molar refractivity (Wildman–Crippen MR) is 225 cm³/mol. The number of benzene rings is 4. The van der Waals surface area contributed by atoms with Crippen molar-refractivity contribution >= 4 is 45.3 Å². The quantitative estimate of drug-likeness (QED) is 0.178. The highest BCUT2D eigenvalue weighted by Crippen LogP contribution is 2.61. The third kappa shape index (κ3) is 5.08. The zero-order valence-electron chi connectivity index (χ0n) is 29.8. The van der Waals surface area contributed by atoms with Crippen LogP contribution in [0.3, 0.4) is 0 Å². The highest BCUT2D eigenvalue weighted by Gasteiger charge is 2.46. The molecule has 4 aliphatic rings. The SMILES string of the molecule is C1=C(c2cc(-c3ccccn3)cc(-c3ccccn3)c2)CCC(c2ccc3c(c2)C2C(c4ccccc4)c4ccccc4N2c2sc4c(c2-3)=CCCC=4)=C1. The summed E-state index contributed by atoms with van der Waals surface area (Å²) in [5.74, 6) is 0.239. The number of rotatable bonds is 5. The molecule has 3 aromatic heterocycles. The Kier molecular flexibility index (Phi) is 7.44. The number of pyridine rings is 2. The Morgan fingerprint density at radius 1 is 0.574 bits per heavy atom. The number of anilines is 2. The second kappa shape index (κ2) is 12.8. The molecule has 0 amide bonds. The number of para-hydroxylation sites is 1. The van der Waals surface area contributed by atoms with E-state index < -0.39 is 0 Å². The van der Waals surface area contributed by atoms with E-state index in [9.17, 15) is 0 Å². The average molecular weight is 712 g/mol. The van der Waals surface area contributed by atoms with Gasteiger partial charge in [0.2, 0.25) is 0 Å². The van der Waals surface area contributed by atoms with Gasteiger partial charge in [-0.05, 0) is 130 Å². The third-order valence-corrected chi connectivity index (χ3v) is 12.9. The van der Waals surface area contributed by atoms with Gasteiger partial charge in [0.05, 0.1) is 17.4 Å². The predicted octanol–water partition coefficient (Wildman–Crippen LogP) is 11.5. The summed E-state index contributed by atoms with van der Waals surface area (Å²) in [6.07, 6.45) is 17.6. The Balaban J connectivity index is 1.04. The Morgan fingerprint density at radius 2 is 1.24 bits per heavy atom. The van der Waals surface area contributed by atoms with E-state index in [1.807, 2.05) is 35.9 Å². The van der Waals surface area contributed by atoms with Crippen molar-refractivity contribution < 1.29 is 0 Å². The minimum Gasteiger partial charge on any atom is -0.324 e. The van der Waals surface area contributed by atoms with Crippen LogP contribution in [0.2, 0.25) is 0 Å². The van der Waals surface area contributed by atoms with E-state index in [1.54, 1.807) is 0 Å². The zero-order valence-corrected chi connectivity index (χ0v) is 30.6. The van der Waals surface area contributed by atoms with E-state index in [1.165, 1.54) is 70.5 Å². The summed E-state index contributed by atoms with van der Waals surface area (Å²) in [6, 6.07) is 46.9. The van der Waals surface area contributed by atoms with Gasteiger partial charge in [-0.2, -0.15) is 0 Å². The fourth-order valence-electron chi connectivity index (χ4n) is 9.22. The van der Waals surface area contributed by atoms with Gasteiger partial charge in [-0.25, -0.2) is 0 Å². The van der Waals surface area contributed by atoms with Crippen molar-refractivity contribution in [1.29, 1.82) is 0 Å². The number of aromatic nitrogens is 2. The van der Waals surface area contributed by atoms with Gasteiger partial charge in [0.1, 0.15) is 5.00 Å². The van der Waals surface area contributed by atoms with Gasteiger partial charge in [-0.15, -0.1) is 11.3 Å². The summed E-state index contributed by atoms with van der Waals surface area (Å²) in [6.45, 7) is 0. The van der Waals surface area contributed by atoms with Crippen molar-refractivity contribution in [2.75, 3.05) is 4.90 Å². The molecule has 54 heavy (non-hydrogen) atoms. The lowest BCUT2D eigenvalue weighted by Crippen LogP contribution is -2.29. The maximum Gasteiger partial charge on any atom is 0.105 e. The fourth-order valence-corrected chi connectivity index (χ4v) is 10.6. The van der Waals surface area contributed by atoms with Crippen LogP contribution in [0.25, 0.3) is 56.9 Å². The Bertz CT molecular complexity index is 2720. The van der Waals surface area contributed by atoms with E-state index in [2.05, 4.69) is 144 Å². The second-order valence-electron chi connectivity index (χ2n) is 14.7. The molecule has 2 aliphatic carbocycles. The number of nitrogens with zero attached hydrogens (tertiary/aromatic N) is 3. The number of hydrogen-bond acceptors (Lipinski definition) is 4. The van der Waals surface area contributed by atoms with E-state index >= 15 is 0 Å². The van der Waals surface area contributed by atoms with E-state index in [4.69, 9.17) is 9.97 Å². The van der Waals surface area contributed by atoms with Gasteiger partial charge in [0, 0.05) is 45.2 Å². The Morgan fingerprint density at radius 3 is 1.96 bits per heavy atom. The highest BCUT2D eigenvalue weighted by molar-refractivity contribution is 7.14. The summed E-state index contributed by atoms with van der Waals surface area (Å²) in [5, 5.41) is 2.82. The first kappa shape index (κ1) is 31.4. The van der Waals surface area contributed by atoms with Crippen LogP contribution < -0.4 is 14.7 Å². The molecule has 4 aromatic carbocycles. The van der Waals surface area contributed by atoms with Crippen LogP contribution in [-0.4, -0.2) is 9.97 Å². The average Bonchev–Trinajstić information content (AvgIpc) is 3.81. The van der Waals surface area contributed by atoms with Gasteiger partial charge in [0.25, 0.3) is 0 Å². The third-order valence-electron chi connectivity index (χ3n) is 11.7. The molecule has 2 unspecified atom stereocenters. The Hall–Kier alpha value is -6.10. The summed E-state index contributed by atoms with van der Waals surface area (Å²) in [7, 11) is 0. The number of thiophene rings is 1. The summed E-state index contributed by atoms with van der Waals surface area (Å²) in [5.41, 5.74) is 17.8. The van der Waals surface area contributed by atoms with Crippen molar-refractivity contribution in [3.05, 3.63) is 190 Å². The Labute approximate surface area is 319 Å². The molecule has 11 rings (SSSR count). The van der Waals surface area contributed by atoms with E-state index in [0.29, 0.717) is 0 Å². The van der Waals surface area contributed by atoms with Crippen LogP contribution in [0, 0.1) is 0 Å². The largest absolute Gasteiger partial charge is 0.324 e. The lowest BCUT2D eigenvalue weighted by molar-refractivity contribution is 0.656. The van der Waals surface area contributed by atoms with E-state index in [-0.39, 0.29) is 12.0 Å². The smallest absolute Gasteiger partial charge is 0.105 e. The van der Waals surface area contributed by atoms with Crippen LogP contribution >= 0.6 is 11.3 Å². The molecule has 0 spiro atoms. The lowest BCUT2D eigenvalue weighted by Gasteiger charge is -2.37. The zero-order chi connectivity index (χ0) is 35.6. The number of allylic oxidation sites excluding steroid dienone is 4. The molecular formula is C50H37N3S. The van der Waals surface area contributed by atoms with Crippen molar-refractivity contribution in [3.8, 4) is 33.6 Å². The first-order chi connectivity index (χ1) is 26.8. The molecule has 0 saturated heterocycles. The molecule has 0 radical (unpaired) electrons. The first-order valence-corrected chi connectivity index (χ1v) is 19.9. The molecule has 3 nitrogen and oxygen atoms in total. The van der Waals surface area contributed by atoms with E-state index in [0.717, 1.165) is 48.2 Å². The molecule has 7 aromatic rings. The highest BCUT2D eigenvalue weighted by atomic mass is 32.1. The van der Waals surface area contributed by atoms with Crippen molar-refractivity contribution in [3.63, 3.8) is 0 Å². The topological polar surface area (TPSA) is 29.0 Å². The fraction of sp³-hybridized carbons (Fsp3) is 0.120. The summed E-state index contributed by atoms with van der Waals surface area (Å²) >= 11 is 1.98. The van der Waals surface area contributed by atoms with Crippen molar-refractivity contribution in [1.82, 2.24) is 9.97 Å². The minimum atomic E-state index is 0.182. The maximum absolute atomic E-state index is 4.69. The van der Waals surface area contributed by atoms with Crippen LogP contribution in [0.5, 0.6) is 0 Å². The van der Waals surface area contributed by atoms with Gasteiger partial charge in [-0.1, -0.05) is 97.1 Å². The standard InChI is InChI=1S/C50H37N3S/c1-2-12-34(13-3-1)47-40-14-4-6-18-45(40)53-49(47)42-31-35(24-25-39(42)48-41-15-5-7-19-46(41)54-50(48)53)32-20-22-33(23-21-32)36-28-37(43-16-8-10-26-51-43)30-38(29-36)44-17-9-11-27-52-44/h1-4,6,8-20,22,24-31,47,49H,5,7,21,23H2. The van der Waals surface area contributed by atoms with Crippen LogP contribution in [0.15, 0.2) is 152 Å². The molecule has 2 atom stereocenters. The molecule has 0 saturated carbocycles.